The molecule has 1 aromatic carbocycles. The molecule has 0 amide bonds. The first kappa shape index (κ1) is 13.5. The minimum atomic E-state index is -0.150. The Labute approximate surface area is 109 Å². The molecule has 2 rings (SSSR count). The second-order valence-corrected chi connectivity index (χ2v) is 5.12. The number of hydrogen-bond donors (Lipinski definition) is 1. The van der Waals surface area contributed by atoms with Crippen molar-refractivity contribution in [2.75, 3.05) is 20.3 Å². The number of nitrogens with one attached hydrogen (secondary N) is 1. The smallest absolute Gasteiger partial charge is 0.123 e. The highest BCUT2D eigenvalue weighted by molar-refractivity contribution is 5.27. The van der Waals surface area contributed by atoms with Gasteiger partial charge in [0.05, 0.1) is 0 Å². The fourth-order valence-electron chi connectivity index (χ4n) is 2.75. The van der Waals surface area contributed by atoms with Crippen LogP contribution in [0.1, 0.15) is 24.0 Å². The van der Waals surface area contributed by atoms with E-state index in [2.05, 4.69) is 5.32 Å². The molecule has 1 aliphatic heterocycles. The monoisotopic (exact) mass is 251 g/mol. The second kappa shape index (κ2) is 6.30. The van der Waals surface area contributed by atoms with Gasteiger partial charge in [-0.05, 0) is 62.4 Å². The summed E-state index contributed by atoms with van der Waals surface area (Å²) in [5.74, 6) is 0.511. The van der Waals surface area contributed by atoms with Gasteiger partial charge in [-0.25, -0.2) is 4.39 Å². The fourth-order valence-corrected chi connectivity index (χ4v) is 2.75. The summed E-state index contributed by atoms with van der Waals surface area (Å²) >= 11 is 0. The molecule has 0 aromatic heterocycles. The second-order valence-electron chi connectivity index (χ2n) is 5.12. The van der Waals surface area contributed by atoms with E-state index >= 15 is 0 Å². The number of likely N-dealkylation sites (N-methyl/N-ethyl adjacent to an activating group) is 1. The van der Waals surface area contributed by atoms with Crippen molar-refractivity contribution in [3.05, 3.63) is 35.1 Å². The Kier molecular flexibility index (Phi) is 4.72. The first-order valence-corrected chi connectivity index (χ1v) is 6.70. The standard InChI is InChI=1S/C15H22FNO/c1-11-9-14(16)4-3-13(11)10-15(17-2)12-5-7-18-8-6-12/h3-4,9,12,15,17H,5-8,10H2,1-2H3. The maximum atomic E-state index is 13.1. The van der Waals surface area contributed by atoms with Crippen LogP contribution < -0.4 is 5.32 Å². The topological polar surface area (TPSA) is 21.3 Å². The van der Waals surface area contributed by atoms with Gasteiger partial charge in [0.2, 0.25) is 0 Å². The van der Waals surface area contributed by atoms with Crippen molar-refractivity contribution < 1.29 is 9.13 Å². The van der Waals surface area contributed by atoms with E-state index in [0.29, 0.717) is 12.0 Å². The Bertz CT molecular complexity index is 388. The van der Waals surface area contributed by atoms with Crippen LogP contribution in [-0.4, -0.2) is 26.3 Å². The summed E-state index contributed by atoms with van der Waals surface area (Å²) in [6.45, 7) is 3.71. The molecule has 0 saturated carbocycles. The molecule has 0 bridgehead atoms. The molecule has 1 N–H and O–H groups in total. The van der Waals surface area contributed by atoms with Crippen LogP contribution in [0.3, 0.4) is 0 Å². The van der Waals surface area contributed by atoms with Crippen molar-refractivity contribution in [1.29, 1.82) is 0 Å². The lowest BCUT2D eigenvalue weighted by Gasteiger charge is -2.30. The maximum Gasteiger partial charge on any atom is 0.123 e. The molecule has 1 aliphatic rings. The van der Waals surface area contributed by atoms with Crippen molar-refractivity contribution in [1.82, 2.24) is 5.32 Å². The van der Waals surface area contributed by atoms with Crippen molar-refractivity contribution in [3.8, 4) is 0 Å². The summed E-state index contributed by atoms with van der Waals surface area (Å²) in [5, 5.41) is 3.41. The molecule has 0 radical (unpaired) electrons. The normalized spacial score (nSPS) is 18.8. The van der Waals surface area contributed by atoms with Gasteiger partial charge in [0.25, 0.3) is 0 Å². The molecule has 1 fully saturated rings. The molecule has 1 aromatic rings. The zero-order valence-electron chi connectivity index (χ0n) is 11.2. The van der Waals surface area contributed by atoms with Crippen molar-refractivity contribution in [3.63, 3.8) is 0 Å². The lowest BCUT2D eigenvalue weighted by molar-refractivity contribution is 0.0547. The van der Waals surface area contributed by atoms with E-state index in [-0.39, 0.29) is 5.82 Å². The number of ether oxygens (including phenoxy) is 1. The van der Waals surface area contributed by atoms with Crippen molar-refractivity contribution in [2.24, 2.45) is 5.92 Å². The lowest BCUT2D eigenvalue weighted by atomic mass is 9.87. The number of aryl methyl sites for hydroxylation is 1. The van der Waals surface area contributed by atoms with Gasteiger partial charge < -0.3 is 10.1 Å². The van der Waals surface area contributed by atoms with Crippen LogP contribution in [0.2, 0.25) is 0 Å². The summed E-state index contributed by atoms with van der Waals surface area (Å²) < 4.78 is 18.5. The minimum absolute atomic E-state index is 0.150. The quantitative estimate of drug-likeness (QED) is 0.888. The molecule has 1 atom stereocenters. The molecule has 1 unspecified atom stereocenters. The fraction of sp³-hybridized carbons (Fsp3) is 0.600. The zero-order chi connectivity index (χ0) is 13.0. The maximum absolute atomic E-state index is 13.1. The molecule has 3 heteroatoms. The molecule has 100 valence electrons. The van der Waals surface area contributed by atoms with Crippen molar-refractivity contribution >= 4 is 0 Å². The average Bonchev–Trinajstić information content (AvgIpc) is 2.39. The van der Waals surface area contributed by atoms with Gasteiger partial charge in [0, 0.05) is 19.3 Å². The van der Waals surface area contributed by atoms with E-state index in [4.69, 9.17) is 4.74 Å². The van der Waals surface area contributed by atoms with E-state index in [9.17, 15) is 4.39 Å². The molecule has 1 heterocycles. The first-order chi connectivity index (χ1) is 8.70. The molecule has 18 heavy (non-hydrogen) atoms. The Morgan fingerprint density at radius 2 is 2.11 bits per heavy atom. The van der Waals surface area contributed by atoms with E-state index in [1.807, 2.05) is 20.0 Å². The van der Waals surface area contributed by atoms with Crippen LogP contribution in [0.4, 0.5) is 4.39 Å². The van der Waals surface area contributed by atoms with Crippen LogP contribution >= 0.6 is 0 Å². The van der Waals surface area contributed by atoms with E-state index in [1.165, 1.54) is 5.56 Å². The van der Waals surface area contributed by atoms with E-state index < -0.39 is 0 Å². The minimum Gasteiger partial charge on any atom is -0.381 e. The Morgan fingerprint density at radius 3 is 2.72 bits per heavy atom. The molecule has 1 saturated heterocycles. The van der Waals surface area contributed by atoms with Gasteiger partial charge in [-0.15, -0.1) is 0 Å². The van der Waals surface area contributed by atoms with Gasteiger partial charge in [0.1, 0.15) is 5.82 Å². The number of halogens is 1. The molecular weight excluding hydrogens is 229 g/mol. The summed E-state index contributed by atoms with van der Waals surface area (Å²) in [7, 11) is 2.01. The highest BCUT2D eigenvalue weighted by Gasteiger charge is 2.23. The average molecular weight is 251 g/mol. The number of benzene rings is 1. The Hall–Kier alpha value is -0.930. The number of hydrogen-bond acceptors (Lipinski definition) is 2. The van der Waals surface area contributed by atoms with Gasteiger partial charge in [-0.1, -0.05) is 6.07 Å². The molecule has 2 nitrogen and oxygen atoms in total. The summed E-state index contributed by atoms with van der Waals surface area (Å²) in [4.78, 5) is 0. The summed E-state index contributed by atoms with van der Waals surface area (Å²) in [6, 6.07) is 5.54. The predicted octanol–water partition coefficient (Wildman–Crippen LogP) is 2.69. The zero-order valence-corrected chi connectivity index (χ0v) is 11.2. The third kappa shape index (κ3) is 3.30. The van der Waals surface area contributed by atoms with Gasteiger partial charge in [-0.2, -0.15) is 0 Å². The molecule has 0 spiro atoms. The highest BCUT2D eigenvalue weighted by Crippen LogP contribution is 2.22. The number of rotatable bonds is 4. The highest BCUT2D eigenvalue weighted by atomic mass is 19.1. The molecule has 0 aliphatic carbocycles. The largest absolute Gasteiger partial charge is 0.381 e. The Morgan fingerprint density at radius 1 is 1.39 bits per heavy atom. The lowest BCUT2D eigenvalue weighted by Crippen LogP contribution is -2.38. The van der Waals surface area contributed by atoms with Crippen LogP contribution in [0.5, 0.6) is 0 Å². The van der Waals surface area contributed by atoms with Crippen molar-refractivity contribution in [2.45, 2.75) is 32.2 Å². The van der Waals surface area contributed by atoms with Gasteiger partial charge in [0.15, 0.2) is 0 Å². The van der Waals surface area contributed by atoms with Crippen LogP contribution in [-0.2, 0) is 11.2 Å². The van der Waals surface area contributed by atoms with Crippen LogP contribution in [0, 0.1) is 18.7 Å². The third-order valence-electron chi connectivity index (χ3n) is 3.95. The predicted molar refractivity (Wildman–Crippen MR) is 71.2 cm³/mol. The summed E-state index contributed by atoms with van der Waals surface area (Å²) in [6.07, 6.45) is 3.20. The van der Waals surface area contributed by atoms with E-state index in [0.717, 1.165) is 38.0 Å². The van der Waals surface area contributed by atoms with Crippen LogP contribution in [0.15, 0.2) is 18.2 Å². The first-order valence-electron chi connectivity index (χ1n) is 6.70. The summed E-state index contributed by atoms with van der Waals surface area (Å²) in [5.41, 5.74) is 2.28. The van der Waals surface area contributed by atoms with Crippen LogP contribution in [0.25, 0.3) is 0 Å². The van der Waals surface area contributed by atoms with E-state index in [1.54, 1.807) is 12.1 Å². The SMILES string of the molecule is CNC(Cc1ccc(F)cc1C)C1CCOCC1. The van der Waals surface area contributed by atoms with Gasteiger partial charge in [-0.3, -0.25) is 0 Å². The molecular formula is C15H22FNO. The van der Waals surface area contributed by atoms with Gasteiger partial charge >= 0.3 is 0 Å². The third-order valence-corrected chi connectivity index (χ3v) is 3.95. The Balaban J connectivity index is 2.04.